The fourth-order valence-corrected chi connectivity index (χ4v) is 0.622. The predicted octanol–water partition coefficient (Wildman–Crippen LogP) is 0.286. The zero-order valence-corrected chi connectivity index (χ0v) is 7.26. The standard InChI is InChI=1S/C6H11F3N2O2/c1-4(10)5(12)11(13-2)3-6(7,8)9/h4H,3,10H2,1-2H3. The molecule has 4 nitrogen and oxygen atoms in total. The van der Waals surface area contributed by atoms with Gasteiger partial charge in [0.2, 0.25) is 0 Å². The lowest BCUT2D eigenvalue weighted by Crippen LogP contribution is -2.45. The molecule has 0 aromatic carbocycles. The molecule has 1 unspecified atom stereocenters. The van der Waals surface area contributed by atoms with Crippen molar-refractivity contribution in [1.82, 2.24) is 5.06 Å². The highest BCUT2D eigenvalue weighted by Gasteiger charge is 2.34. The summed E-state index contributed by atoms with van der Waals surface area (Å²) < 4.78 is 35.4. The normalized spacial score (nSPS) is 14.0. The van der Waals surface area contributed by atoms with E-state index < -0.39 is 24.7 Å². The molecule has 13 heavy (non-hydrogen) atoms. The van der Waals surface area contributed by atoms with E-state index in [4.69, 9.17) is 5.73 Å². The maximum absolute atomic E-state index is 11.8. The summed E-state index contributed by atoms with van der Waals surface area (Å²) in [4.78, 5) is 15.2. The molecule has 1 amide bonds. The molecule has 0 rings (SSSR count). The molecule has 2 N–H and O–H groups in total. The molecule has 0 fully saturated rings. The maximum Gasteiger partial charge on any atom is 0.408 e. The van der Waals surface area contributed by atoms with Gasteiger partial charge in [-0.2, -0.15) is 13.2 Å². The van der Waals surface area contributed by atoms with Gasteiger partial charge < -0.3 is 5.73 Å². The van der Waals surface area contributed by atoms with Gasteiger partial charge in [-0.1, -0.05) is 0 Å². The first-order valence-electron chi connectivity index (χ1n) is 3.45. The van der Waals surface area contributed by atoms with Crippen molar-refractivity contribution in [2.75, 3.05) is 13.7 Å². The van der Waals surface area contributed by atoms with Crippen molar-refractivity contribution >= 4 is 5.91 Å². The van der Waals surface area contributed by atoms with Crippen molar-refractivity contribution in [3.05, 3.63) is 0 Å². The number of alkyl halides is 3. The molecule has 0 aliphatic rings. The second kappa shape index (κ2) is 4.43. The van der Waals surface area contributed by atoms with Gasteiger partial charge in [-0.25, -0.2) is 5.06 Å². The van der Waals surface area contributed by atoms with E-state index in [1.165, 1.54) is 6.92 Å². The van der Waals surface area contributed by atoms with E-state index in [9.17, 15) is 18.0 Å². The smallest absolute Gasteiger partial charge is 0.320 e. The lowest BCUT2D eigenvalue weighted by Gasteiger charge is -2.22. The monoisotopic (exact) mass is 200 g/mol. The Bertz CT molecular complexity index is 181. The third-order valence-corrected chi connectivity index (χ3v) is 1.18. The second-order valence-corrected chi connectivity index (χ2v) is 2.46. The zero-order valence-electron chi connectivity index (χ0n) is 7.26. The molecule has 0 saturated heterocycles. The van der Waals surface area contributed by atoms with Gasteiger partial charge in [0.1, 0.15) is 6.54 Å². The lowest BCUT2D eigenvalue weighted by atomic mass is 10.3. The number of hydrogen-bond donors (Lipinski definition) is 1. The average molecular weight is 200 g/mol. The molecule has 0 aliphatic heterocycles. The molecule has 7 heteroatoms. The molecule has 1 atom stereocenters. The quantitative estimate of drug-likeness (QED) is 0.666. The van der Waals surface area contributed by atoms with Crippen LogP contribution in [0.1, 0.15) is 6.92 Å². The molecule has 0 aromatic rings. The fraction of sp³-hybridized carbons (Fsp3) is 0.833. The lowest BCUT2D eigenvalue weighted by molar-refractivity contribution is -0.224. The average Bonchev–Trinajstić information content (AvgIpc) is 1.97. The van der Waals surface area contributed by atoms with E-state index >= 15 is 0 Å². The molecule has 0 aliphatic carbocycles. The molecule has 0 aromatic heterocycles. The molecular weight excluding hydrogens is 189 g/mol. The van der Waals surface area contributed by atoms with Crippen LogP contribution in [0.3, 0.4) is 0 Å². The van der Waals surface area contributed by atoms with Gasteiger partial charge in [-0.3, -0.25) is 9.63 Å². The number of carbonyl (C=O) groups excluding carboxylic acids is 1. The fourth-order valence-electron chi connectivity index (χ4n) is 0.622. The van der Waals surface area contributed by atoms with E-state index in [2.05, 4.69) is 4.84 Å². The van der Waals surface area contributed by atoms with Crippen LogP contribution in [0.4, 0.5) is 13.2 Å². The summed E-state index contributed by atoms with van der Waals surface area (Å²) in [5, 5.41) is 0.185. The van der Waals surface area contributed by atoms with Gasteiger partial charge in [0.15, 0.2) is 0 Å². The summed E-state index contributed by atoms with van der Waals surface area (Å²) in [6, 6.07) is -1.01. The SMILES string of the molecule is CON(CC(F)(F)F)C(=O)C(C)N. The number of carbonyl (C=O) groups is 1. The highest BCUT2D eigenvalue weighted by molar-refractivity contribution is 5.80. The summed E-state index contributed by atoms with van der Waals surface area (Å²) in [6.45, 7) is -0.172. The van der Waals surface area contributed by atoms with Crippen molar-refractivity contribution in [3.8, 4) is 0 Å². The Kier molecular flexibility index (Phi) is 4.15. The van der Waals surface area contributed by atoms with Crippen LogP contribution in [0.25, 0.3) is 0 Å². The van der Waals surface area contributed by atoms with Crippen molar-refractivity contribution in [2.24, 2.45) is 5.73 Å². The number of hydroxylamine groups is 2. The minimum Gasteiger partial charge on any atom is -0.320 e. The molecule has 0 heterocycles. The van der Waals surface area contributed by atoms with Gasteiger partial charge in [-0.05, 0) is 6.92 Å². The van der Waals surface area contributed by atoms with E-state index in [0.717, 1.165) is 7.11 Å². The Labute approximate surface area is 73.4 Å². The number of nitrogens with zero attached hydrogens (tertiary/aromatic N) is 1. The van der Waals surface area contributed by atoms with Crippen LogP contribution in [0.15, 0.2) is 0 Å². The maximum atomic E-state index is 11.8. The summed E-state index contributed by atoms with van der Waals surface area (Å²) in [6.07, 6.45) is -4.49. The third-order valence-electron chi connectivity index (χ3n) is 1.18. The van der Waals surface area contributed by atoms with Crippen molar-refractivity contribution in [3.63, 3.8) is 0 Å². The van der Waals surface area contributed by atoms with Crippen LogP contribution in [0.2, 0.25) is 0 Å². The highest BCUT2D eigenvalue weighted by Crippen LogP contribution is 2.16. The van der Waals surface area contributed by atoms with Gasteiger partial charge in [0, 0.05) is 0 Å². The van der Waals surface area contributed by atoms with E-state index in [-0.39, 0.29) is 5.06 Å². The Balaban J connectivity index is 4.27. The molecule has 0 saturated carbocycles. The van der Waals surface area contributed by atoms with E-state index in [0.29, 0.717) is 0 Å². The Morgan fingerprint density at radius 1 is 1.62 bits per heavy atom. The summed E-state index contributed by atoms with van der Waals surface area (Å²) in [5.74, 6) is -0.903. The molecular formula is C6H11F3N2O2. The second-order valence-electron chi connectivity index (χ2n) is 2.46. The van der Waals surface area contributed by atoms with Crippen LogP contribution >= 0.6 is 0 Å². The minimum absolute atomic E-state index is 0.185. The van der Waals surface area contributed by atoms with Gasteiger partial charge in [0.05, 0.1) is 13.2 Å². The van der Waals surface area contributed by atoms with Crippen LogP contribution in [-0.2, 0) is 9.63 Å². The van der Waals surface area contributed by atoms with Gasteiger partial charge >= 0.3 is 6.18 Å². The first-order valence-corrected chi connectivity index (χ1v) is 3.45. The molecule has 0 bridgehead atoms. The van der Waals surface area contributed by atoms with Crippen LogP contribution in [-0.4, -0.2) is 36.8 Å². The van der Waals surface area contributed by atoms with Crippen molar-refractivity contribution < 1.29 is 22.8 Å². The molecule has 78 valence electrons. The number of hydrogen-bond acceptors (Lipinski definition) is 3. The predicted molar refractivity (Wildman–Crippen MR) is 38.4 cm³/mol. The first-order chi connectivity index (χ1) is 5.78. The van der Waals surface area contributed by atoms with Gasteiger partial charge in [-0.15, -0.1) is 0 Å². The number of rotatable bonds is 3. The third kappa shape index (κ3) is 4.69. The van der Waals surface area contributed by atoms with Crippen molar-refractivity contribution in [1.29, 1.82) is 0 Å². The summed E-state index contributed by atoms with van der Waals surface area (Å²) in [5.41, 5.74) is 5.09. The zero-order chi connectivity index (χ0) is 10.6. The highest BCUT2D eigenvalue weighted by atomic mass is 19.4. The van der Waals surface area contributed by atoms with Crippen molar-refractivity contribution in [2.45, 2.75) is 19.1 Å². The Hall–Kier alpha value is -0.820. The van der Waals surface area contributed by atoms with Gasteiger partial charge in [0.25, 0.3) is 5.91 Å². The van der Waals surface area contributed by atoms with Crippen LogP contribution in [0.5, 0.6) is 0 Å². The van der Waals surface area contributed by atoms with E-state index in [1.54, 1.807) is 0 Å². The number of halogens is 3. The Morgan fingerprint density at radius 3 is 2.31 bits per heavy atom. The largest absolute Gasteiger partial charge is 0.408 e. The first kappa shape index (κ1) is 12.2. The van der Waals surface area contributed by atoms with Crippen LogP contribution < -0.4 is 5.73 Å². The molecule has 0 spiro atoms. The Morgan fingerprint density at radius 2 is 2.08 bits per heavy atom. The minimum atomic E-state index is -4.49. The number of amides is 1. The number of nitrogens with two attached hydrogens (primary N) is 1. The summed E-state index contributed by atoms with van der Waals surface area (Å²) >= 11 is 0. The van der Waals surface area contributed by atoms with Crippen LogP contribution in [0, 0.1) is 0 Å². The topological polar surface area (TPSA) is 55.6 Å². The molecule has 0 radical (unpaired) electrons. The van der Waals surface area contributed by atoms with E-state index in [1.807, 2.05) is 0 Å². The summed E-state index contributed by atoms with van der Waals surface area (Å²) in [7, 11) is 0.978.